The minimum absolute atomic E-state index is 0.0555. The number of carbonyl (C=O) groups is 1. The van der Waals surface area contributed by atoms with Crippen LogP contribution in [0.5, 0.6) is 0 Å². The summed E-state index contributed by atoms with van der Waals surface area (Å²) in [5.41, 5.74) is -0.876. The van der Waals surface area contributed by atoms with E-state index in [1.54, 1.807) is 0 Å². The first-order valence-corrected chi connectivity index (χ1v) is 8.66. The fourth-order valence-electron chi connectivity index (χ4n) is 3.40. The van der Waals surface area contributed by atoms with E-state index in [1.807, 2.05) is 0 Å². The molecule has 7 nitrogen and oxygen atoms in total. The molecule has 0 amide bonds. The summed E-state index contributed by atoms with van der Waals surface area (Å²) in [6.45, 7) is -1.23. The van der Waals surface area contributed by atoms with Crippen molar-refractivity contribution in [3.8, 4) is 0 Å². The van der Waals surface area contributed by atoms with Crippen molar-refractivity contribution < 1.29 is 27.4 Å². The van der Waals surface area contributed by atoms with E-state index in [0.29, 0.717) is 31.5 Å². The molecule has 1 saturated carbocycles. The van der Waals surface area contributed by atoms with E-state index in [1.165, 1.54) is 20.4 Å². The number of aromatic nitrogens is 4. The molecule has 3 rings (SSSR count). The molecule has 0 saturated heterocycles. The molecule has 2 aromatic rings. The first-order chi connectivity index (χ1) is 12.7. The molecular weight excluding hydrogens is 389 g/mol. The van der Waals surface area contributed by atoms with E-state index in [-0.39, 0.29) is 22.1 Å². The first-order valence-electron chi connectivity index (χ1n) is 8.28. The number of carbonyl (C=O) groups excluding carboxylic acids is 1. The molecule has 11 heteroatoms. The van der Waals surface area contributed by atoms with Crippen molar-refractivity contribution in [1.29, 1.82) is 0 Å². The molecule has 27 heavy (non-hydrogen) atoms. The Balaban J connectivity index is 1.83. The molecule has 0 N–H and O–H groups in total. The molecule has 1 aliphatic rings. The Bertz CT molecular complexity index is 847. The van der Waals surface area contributed by atoms with Gasteiger partial charge in [-0.3, -0.25) is 4.68 Å². The largest absolute Gasteiger partial charge is 0.467 e. The standard InChI is InChI=1S/C16H18ClF3N4O3/c1-26-14(25)15(27-2)5-3-9(4-6-15)12-21-11(17)10-7-24(8-16(18,19)20)23-13(10)22-12/h7,9H,3-6,8H2,1-2H3. The van der Waals surface area contributed by atoms with Gasteiger partial charge in [0.15, 0.2) is 11.2 Å². The van der Waals surface area contributed by atoms with Gasteiger partial charge in [0.25, 0.3) is 0 Å². The Hall–Kier alpha value is -1.94. The fourth-order valence-corrected chi connectivity index (χ4v) is 3.62. The van der Waals surface area contributed by atoms with Gasteiger partial charge in [0.05, 0.1) is 12.5 Å². The maximum absolute atomic E-state index is 12.6. The smallest absolute Gasteiger partial charge is 0.408 e. The summed E-state index contributed by atoms with van der Waals surface area (Å²) < 4.78 is 48.7. The van der Waals surface area contributed by atoms with Crippen molar-refractivity contribution in [2.45, 2.75) is 49.9 Å². The van der Waals surface area contributed by atoms with Crippen LogP contribution in [-0.4, -0.2) is 51.7 Å². The fraction of sp³-hybridized carbons (Fsp3) is 0.625. The van der Waals surface area contributed by atoms with Crippen molar-refractivity contribution in [2.24, 2.45) is 0 Å². The van der Waals surface area contributed by atoms with Crippen molar-refractivity contribution >= 4 is 28.6 Å². The zero-order chi connectivity index (χ0) is 19.8. The summed E-state index contributed by atoms with van der Waals surface area (Å²) in [6, 6.07) is 0. The number of esters is 1. The molecule has 2 heterocycles. The number of ether oxygens (including phenoxy) is 2. The molecular formula is C16H18ClF3N4O3. The van der Waals surface area contributed by atoms with Crippen LogP contribution >= 0.6 is 11.6 Å². The third kappa shape index (κ3) is 4.01. The van der Waals surface area contributed by atoms with E-state index in [0.717, 1.165) is 4.68 Å². The summed E-state index contributed by atoms with van der Waals surface area (Å²) in [5, 5.41) is 4.18. The molecule has 0 aromatic carbocycles. The lowest BCUT2D eigenvalue weighted by Gasteiger charge is -2.36. The van der Waals surface area contributed by atoms with Crippen LogP contribution in [0.4, 0.5) is 13.2 Å². The van der Waals surface area contributed by atoms with Crippen LogP contribution in [-0.2, 0) is 20.8 Å². The maximum Gasteiger partial charge on any atom is 0.408 e. The van der Waals surface area contributed by atoms with Crippen LogP contribution < -0.4 is 0 Å². The summed E-state index contributed by atoms with van der Waals surface area (Å²) in [7, 11) is 2.77. The molecule has 148 valence electrons. The predicted octanol–water partition coefficient (Wildman–Crippen LogP) is 3.26. The zero-order valence-electron chi connectivity index (χ0n) is 14.7. The topological polar surface area (TPSA) is 79.1 Å². The monoisotopic (exact) mass is 406 g/mol. The molecule has 0 bridgehead atoms. The van der Waals surface area contributed by atoms with Crippen LogP contribution in [0.3, 0.4) is 0 Å². The summed E-state index contributed by atoms with van der Waals surface area (Å²) in [4.78, 5) is 20.5. The van der Waals surface area contributed by atoms with E-state index < -0.39 is 24.3 Å². The van der Waals surface area contributed by atoms with E-state index >= 15 is 0 Å². The number of alkyl halides is 3. The van der Waals surface area contributed by atoms with Gasteiger partial charge in [-0.2, -0.15) is 18.3 Å². The predicted molar refractivity (Wildman–Crippen MR) is 89.4 cm³/mol. The Morgan fingerprint density at radius 3 is 2.56 bits per heavy atom. The van der Waals surface area contributed by atoms with Crippen molar-refractivity contribution in [3.05, 3.63) is 17.2 Å². The first kappa shape index (κ1) is 19.8. The third-order valence-electron chi connectivity index (χ3n) is 4.85. The average molecular weight is 407 g/mol. The quantitative estimate of drug-likeness (QED) is 0.573. The summed E-state index contributed by atoms with van der Waals surface area (Å²) >= 11 is 6.14. The van der Waals surface area contributed by atoms with Gasteiger partial charge in [0.1, 0.15) is 17.5 Å². The minimum atomic E-state index is -4.40. The summed E-state index contributed by atoms with van der Waals surface area (Å²) in [5.74, 6) is -0.129. The number of hydrogen-bond donors (Lipinski definition) is 0. The molecule has 0 atom stereocenters. The zero-order valence-corrected chi connectivity index (χ0v) is 15.5. The Kier molecular flexibility index (Phi) is 5.31. The van der Waals surface area contributed by atoms with Crippen LogP contribution in [0.15, 0.2) is 6.20 Å². The Labute approximate surface area is 157 Å². The molecule has 0 spiro atoms. The molecule has 1 fully saturated rings. The summed E-state index contributed by atoms with van der Waals surface area (Å²) in [6.07, 6.45) is -1.28. The number of methoxy groups -OCH3 is 2. The second-order valence-corrected chi connectivity index (χ2v) is 6.87. The van der Waals surface area contributed by atoms with Gasteiger partial charge in [-0.05, 0) is 25.7 Å². The second-order valence-electron chi connectivity index (χ2n) is 6.52. The van der Waals surface area contributed by atoms with Crippen molar-refractivity contribution in [3.63, 3.8) is 0 Å². The molecule has 0 radical (unpaired) electrons. The van der Waals surface area contributed by atoms with Crippen LogP contribution in [0.2, 0.25) is 5.15 Å². The minimum Gasteiger partial charge on any atom is -0.467 e. The highest BCUT2D eigenvalue weighted by Crippen LogP contribution is 2.40. The molecule has 0 unspecified atom stereocenters. The second kappa shape index (κ2) is 7.23. The van der Waals surface area contributed by atoms with Gasteiger partial charge in [0.2, 0.25) is 0 Å². The lowest BCUT2D eigenvalue weighted by Crippen LogP contribution is -2.44. The van der Waals surface area contributed by atoms with Gasteiger partial charge >= 0.3 is 12.1 Å². The maximum atomic E-state index is 12.6. The highest BCUT2D eigenvalue weighted by Gasteiger charge is 2.44. The number of hydrogen-bond acceptors (Lipinski definition) is 6. The van der Waals surface area contributed by atoms with Gasteiger partial charge in [0, 0.05) is 19.2 Å². The van der Waals surface area contributed by atoms with Crippen LogP contribution in [0, 0.1) is 0 Å². The highest BCUT2D eigenvalue weighted by atomic mass is 35.5. The number of nitrogens with zero attached hydrogens (tertiary/aromatic N) is 4. The van der Waals surface area contributed by atoms with Gasteiger partial charge < -0.3 is 9.47 Å². The SMILES string of the molecule is COC(=O)C1(OC)CCC(c2nc(Cl)c3cn(CC(F)(F)F)nc3n2)CC1. The number of fused-ring (bicyclic) bond motifs is 1. The van der Waals surface area contributed by atoms with Gasteiger partial charge in [-0.15, -0.1) is 0 Å². The van der Waals surface area contributed by atoms with Gasteiger partial charge in [-0.1, -0.05) is 11.6 Å². The third-order valence-corrected chi connectivity index (χ3v) is 5.13. The van der Waals surface area contributed by atoms with Crippen molar-refractivity contribution in [1.82, 2.24) is 19.7 Å². The van der Waals surface area contributed by atoms with Gasteiger partial charge in [-0.25, -0.2) is 14.8 Å². The highest BCUT2D eigenvalue weighted by molar-refractivity contribution is 6.33. The lowest BCUT2D eigenvalue weighted by molar-refractivity contribution is -0.170. The number of halogens is 4. The number of rotatable bonds is 4. The Morgan fingerprint density at radius 2 is 2.00 bits per heavy atom. The molecule has 0 aliphatic heterocycles. The van der Waals surface area contributed by atoms with E-state index in [4.69, 9.17) is 21.1 Å². The van der Waals surface area contributed by atoms with E-state index in [2.05, 4.69) is 15.1 Å². The van der Waals surface area contributed by atoms with E-state index in [9.17, 15) is 18.0 Å². The van der Waals surface area contributed by atoms with Crippen LogP contribution in [0.1, 0.15) is 37.4 Å². The average Bonchev–Trinajstić information content (AvgIpc) is 3.02. The lowest BCUT2D eigenvalue weighted by atomic mass is 9.78. The molecule has 2 aromatic heterocycles. The Morgan fingerprint density at radius 1 is 1.33 bits per heavy atom. The van der Waals surface area contributed by atoms with Crippen molar-refractivity contribution in [2.75, 3.05) is 14.2 Å². The normalized spacial score (nSPS) is 23.6. The van der Waals surface area contributed by atoms with Crippen LogP contribution in [0.25, 0.3) is 11.0 Å². The molecule has 1 aliphatic carbocycles.